The Kier molecular flexibility index (Phi) is 4.85. The maximum Gasteiger partial charge on any atom is 0.251 e. The molecule has 0 aliphatic heterocycles. The molecule has 4 heteroatoms. The van der Waals surface area contributed by atoms with Crippen LogP contribution in [0.1, 0.15) is 17.5 Å². The molecule has 0 amide bonds. The van der Waals surface area contributed by atoms with Crippen molar-refractivity contribution in [2.75, 3.05) is 6.61 Å². The molecule has 0 unspecified atom stereocenters. The van der Waals surface area contributed by atoms with Crippen molar-refractivity contribution in [1.29, 1.82) is 0 Å². The van der Waals surface area contributed by atoms with Crippen LogP contribution in [0.4, 0.5) is 0 Å². The van der Waals surface area contributed by atoms with Crippen LogP contribution >= 0.6 is 11.6 Å². The largest absolute Gasteiger partial charge is 0.494 e. The van der Waals surface area contributed by atoms with Gasteiger partial charge in [0.15, 0.2) is 0 Å². The van der Waals surface area contributed by atoms with Crippen molar-refractivity contribution in [2.24, 2.45) is 0 Å². The van der Waals surface area contributed by atoms with Crippen molar-refractivity contribution in [1.82, 2.24) is 4.57 Å². The Morgan fingerprint density at radius 2 is 1.95 bits per heavy atom. The van der Waals surface area contributed by atoms with Gasteiger partial charge < -0.3 is 4.74 Å². The highest BCUT2D eigenvalue weighted by molar-refractivity contribution is 6.29. The Balaban J connectivity index is 1.88. The van der Waals surface area contributed by atoms with Crippen LogP contribution in [-0.2, 0) is 6.54 Å². The average Bonchev–Trinajstić information content (AvgIpc) is 2.41. The molecule has 1 heterocycles. The van der Waals surface area contributed by atoms with Crippen LogP contribution in [0.25, 0.3) is 0 Å². The summed E-state index contributed by atoms with van der Waals surface area (Å²) in [4.78, 5) is 11.6. The Labute approximate surface area is 123 Å². The Hall–Kier alpha value is -1.74. The number of nitrogens with zero attached hydrogens (tertiary/aromatic N) is 1. The molecule has 0 N–H and O–H groups in total. The lowest BCUT2D eigenvalue weighted by atomic mass is 10.1. The van der Waals surface area contributed by atoms with Gasteiger partial charge in [-0.3, -0.25) is 9.36 Å². The van der Waals surface area contributed by atoms with Crippen LogP contribution in [0.15, 0.2) is 41.2 Å². The number of hydrogen-bond donors (Lipinski definition) is 0. The summed E-state index contributed by atoms with van der Waals surface area (Å²) in [6.07, 6.45) is 0.733. The summed E-state index contributed by atoms with van der Waals surface area (Å²) in [6.45, 7) is 5.25. The van der Waals surface area contributed by atoms with Crippen LogP contribution in [0.2, 0.25) is 5.15 Å². The second-order valence-electron chi connectivity index (χ2n) is 4.79. The normalized spacial score (nSPS) is 10.6. The molecule has 2 rings (SSSR count). The molecule has 0 spiro atoms. The molecule has 0 saturated heterocycles. The monoisotopic (exact) mass is 291 g/mol. The number of ether oxygens (including phenoxy) is 1. The molecule has 3 nitrogen and oxygen atoms in total. The first-order valence-corrected chi connectivity index (χ1v) is 7.01. The van der Waals surface area contributed by atoms with Crippen molar-refractivity contribution in [3.63, 3.8) is 0 Å². The third-order valence-corrected chi connectivity index (χ3v) is 3.60. The van der Waals surface area contributed by atoms with Crippen LogP contribution in [0, 0.1) is 13.8 Å². The second kappa shape index (κ2) is 6.62. The molecule has 1 aromatic carbocycles. The fraction of sp³-hybridized carbons (Fsp3) is 0.312. The molecule has 1 aromatic heterocycles. The highest BCUT2D eigenvalue weighted by Gasteiger charge is 2.01. The molecule has 0 aliphatic carbocycles. The van der Waals surface area contributed by atoms with E-state index in [-0.39, 0.29) is 5.56 Å². The summed E-state index contributed by atoms with van der Waals surface area (Å²) in [5.41, 5.74) is 2.38. The maximum atomic E-state index is 11.6. The minimum Gasteiger partial charge on any atom is -0.494 e. The van der Waals surface area contributed by atoms with Crippen molar-refractivity contribution in [3.8, 4) is 5.75 Å². The molecule has 0 atom stereocenters. The highest BCUT2D eigenvalue weighted by Crippen LogP contribution is 2.16. The van der Waals surface area contributed by atoms with E-state index in [2.05, 4.69) is 13.8 Å². The lowest BCUT2D eigenvalue weighted by molar-refractivity contribution is 0.301. The summed E-state index contributed by atoms with van der Waals surface area (Å²) in [5.74, 6) is 0.861. The van der Waals surface area contributed by atoms with Gasteiger partial charge in [0.05, 0.1) is 6.61 Å². The molecule has 2 aromatic rings. The fourth-order valence-electron chi connectivity index (χ4n) is 1.93. The minimum atomic E-state index is -0.0799. The zero-order chi connectivity index (χ0) is 14.5. The highest BCUT2D eigenvalue weighted by atomic mass is 35.5. The Bertz CT molecular complexity index is 649. The van der Waals surface area contributed by atoms with Gasteiger partial charge in [0.1, 0.15) is 10.9 Å². The molecular weight excluding hydrogens is 274 g/mol. The van der Waals surface area contributed by atoms with E-state index in [0.717, 1.165) is 12.2 Å². The minimum absolute atomic E-state index is 0.0799. The predicted octanol–water partition coefficient (Wildman–Crippen LogP) is 3.59. The molecule has 0 saturated carbocycles. The van der Waals surface area contributed by atoms with Crippen molar-refractivity contribution >= 4 is 11.6 Å². The fourth-order valence-corrected chi connectivity index (χ4v) is 2.17. The summed E-state index contributed by atoms with van der Waals surface area (Å²) in [5, 5.41) is 0.462. The molecule has 0 radical (unpaired) electrons. The van der Waals surface area contributed by atoms with Crippen LogP contribution in [0.5, 0.6) is 5.75 Å². The average molecular weight is 292 g/mol. The van der Waals surface area contributed by atoms with Gasteiger partial charge in [0.25, 0.3) is 5.56 Å². The maximum absolute atomic E-state index is 11.6. The van der Waals surface area contributed by atoms with E-state index in [1.807, 2.05) is 18.2 Å². The summed E-state index contributed by atoms with van der Waals surface area (Å²) in [6, 6.07) is 10.9. The van der Waals surface area contributed by atoms with E-state index < -0.39 is 0 Å². The number of halogens is 1. The SMILES string of the molecule is Cc1ccc(OCCCn2c(Cl)cccc2=O)cc1C. The third kappa shape index (κ3) is 3.64. The molecule has 0 fully saturated rings. The van der Waals surface area contributed by atoms with E-state index in [0.29, 0.717) is 18.3 Å². The molecule has 20 heavy (non-hydrogen) atoms. The van der Waals surface area contributed by atoms with E-state index in [4.69, 9.17) is 16.3 Å². The Morgan fingerprint density at radius 3 is 2.65 bits per heavy atom. The molecule has 0 aliphatic rings. The number of rotatable bonds is 5. The van der Waals surface area contributed by atoms with Crippen molar-refractivity contribution < 1.29 is 4.74 Å². The van der Waals surface area contributed by atoms with E-state index in [9.17, 15) is 4.79 Å². The van der Waals surface area contributed by atoms with Crippen LogP contribution < -0.4 is 10.3 Å². The predicted molar refractivity (Wildman–Crippen MR) is 81.7 cm³/mol. The first-order chi connectivity index (χ1) is 9.58. The number of pyridine rings is 1. The van der Waals surface area contributed by atoms with Crippen molar-refractivity contribution in [3.05, 3.63) is 63.0 Å². The smallest absolute Gasteiger partial charge is 0.251 e. The van der Waals surface area contributed by atoms with Crippen LogP contribution in [0.3, 0.4) is 0 Å². The quantitative estimate of drug-likeness (QED) is 0.623. The number of hydrogen-bond acceptors (Lipinski definition) is 2. The van der Waals surface area contributed by atoms with E-state index >= 15 is 0 Å². The number of aryl methyl sites for hydroxylation is 2. The van der Waals surface area contributed by atoms with E-state index in [1.54, 1.807) is 16.7 Å². The van der Waals surface area contributed by atoms with Crippen LogP contribution in [-0.4, -0.2) is 11.2 Å². The number of benzene rings is 1. The topological polar surface area (TPSA) is 31.2 Å². The zero-order valence-corrected chi connectivity index (χ0v) is 12.5. The summed E-state index contributed by atoms with van der Waals surface area (Å²) in [7, 11) is 0. The molecular formula is C16H18ClNO2. The summed E-state index contributed by atoms with van der Waals surface area (Å²) < 4.78 is 7.23. The standard InChI is InChI=1S/C16H18ClNO2/c1-12-7-8-14(11-13(12)2)20-10-4-9-18-15(17)5-3-6-16(18)19/h3,5-8,11H,4,9-10H2,1-2H3. The van der Waals surface area contributed by atoms with Gasteiger partial charge in [0.2, 0.25) is 0 Å². The molecule has 106 valence electrons. The van der Waals surface area contributed by atoms with Gasteiger partial charge in [-0.2, -0.15) is 0 Å². The first-order valence-electron chi connectivity index (χ1n) is 6.63. The third-order valence-electron chi connectivity index (χ3n) is 3.27. The zero-order valence-electron chi connectivity index (χ0n) is 11.7. The van der Waals surface area contributed by atoms with Crippen molar-refractivity contribution in [2.45, 2.75) is 26.8 Å². The lowest BCUT2D eigenvalue weighted by Crippen LogP contribution is -2.20. The lowest BCUT2D eigenvalue weighted by Gasteiger charge is -2.10. The summed E-state index contributed by atoms with van der Waals surface area (Å²) >= 11 is 5.99. The van der Waals surface area contributed by atoms with Gasteiger partial charge >= 0.3 is 0 Å². The van der Waals surface area contributed by atoms with Gasteiger partial charge in [-0.25, -0.2) is 0 Å². The van der Waals surface area contributed by atoms with Gasteiger partial charge in [-0.1, -0.05) is 23.7 Å². The van der Waals surface area contributed by atoms with Gasteiger partial charge in [-0.05, 0) is 49.6 Å². The molecule has 0 bridgehead atoms. The van der Waals surface area contributed by atoms with Gasteiger partial charge in [-0.15, -0.1) is 0 Å². The Morgan fingerprint density at radius 1 is 1.15 bits per heavy atom. The number of aromatic nitrogens is 1. The second-order valence-corrected chi connectivity index (χ2v) is 5.17. The van der Waals surface area contributed by atoms with Gasteiger partial charge in [0, 0.05) is 12.6 Å². The first kappa shape index (κ1) is 14.7. The van der Waals surface area contributed by atoms with E-state index in [1.165, 1.54) is 17.2 Å².